The van der Waals surface area contributed by atoms with E-state index in [-0.39, 0.29) is 36.8 Å². The van der Waals surface area contributed by atoms with E-state index >= 15 is 0 Å². The molecular weight excluding hydrogens is 388 g/mol. The number of carbonyl (C=O) groups is 1. The lowest BCUT2D eigenvalue weighted by atomic mass is 9.99. The maximum absolute atomic E-state index is 11.5. The van der Waals surface area contributed by atoms with Gasteiger partial charge in [-0.25, -0.2) is 4.98 Å². The fourth-order valence-electron chi connectivity index (χ4n) is 2.94. The molecular formula is C18H21ClN4O5. The first kappa shape index (κ1) is 20.4. The molecule has 0 spiro atoms. The summed E-state index contributed by atoms with van der Waals surface area (Å²) in [6.45, 7) is 2.99. The highest BCUT2D eigenvalue weighted by Crippen LogP contribution is 2.38. The number of terminal acetylenes is 1. The summed E-state index contributed by atoms with van der Waals surface area (Å²) in [7, 11) is 0. The van der Waals surface area contributed by atoms with Crippen LogP contribution in [-0.4, -0.2) is 50.7 Å². The summed E-state index contributed by atoms with van der Waals surface area (Å²) in [4.78, 5) is 19.6. The number of carbonyl (C=O) groups excluding carboxylic acids is 1. The number of aliphatic hydroxyl groups is 1. The summed E-state index contributed by atoms with van der Waals surface area (Å²) in [6, 6.07) is 1.73. The van der Waals surface area contributed by atoms with Gasteiger partial charge >= 0.3 is 5.97 Å². The monoisotopic (exact) mass is 408 g/mol. The first-order chi connectivity index (χ1) is 13.3. The predicted octanol–water partition coefficient (Wildman–Crippen LogP) is 1.49. The van der Waals surface area contributed by atoms with E-state index in [0.717, 1.165) is 0 Å². The minimum absolute atomic E-state index is 0.00186. The molecule has 0 saturated carbocycles. The lowest BCUT2D eigenvalue weighted by Crippen LogP contribution is -2.43. The average Bonchev–Trinajstić information content (AvgIpc) is 3.20. The third-order valence-corrected chi connectivity index (χ3v) is 4.68. The third kappa shape index (κ3) is 3.77. The van der Waals surface area contributed by atoms with Crippen LogP contribution in [0.5, 0.6) is 0 Å². The van der Waals surface area contributed by atoms with Gasteiger partial charge in [-0.3, -0.25) is 4.79 Å². The van der Waals surface area contributed by atoms with Crippen molar-refractivity contribution in [1.82, 2.24) is 14.5 Å². The Bertz CT molecular complexity index is 925. The molecule has 150 valence electrons. The molecule has 0 unspecified atom stereocenters. The zero-order valence-corrected chi connectivity index (χ0v) is 16.2. The molecule has 0 amide bonds. The standard InChI is InChI=1S/C18H21ClN4O5/c1-4-18(8-26-9-27-16(25)10(2)3)12(24)7-13(28-18)23-6-5-11-14(20)21-17(19)22-15(11)23/h1,5-6,10,12-13,24H,7-9H2,2-3H3,(H2,20,21,22)/t12-,13+,18+/m0/s1. The van der Waals surface area contributed by atoms with Gasteiger partial charge in [-0.2, -0.15) is 4.98 Å². The van der Waals surface area contributed by atoms with Crippen LogP contribution in [0.4, 0.5) is 5.82 Å². The van der Waals surface area contributed by atoms with E-state index in [9.17, 15) is 9.90 Å². The van der Waals surface area contributed by atoms with Gasteiger partial charge in [-0.15, -0.1) is 6.42 Å². The number of rotatable bonds is 6. The molecule has 0 radical (unpaired) electrons. The Morgan fingerprint density at radius 3 is 3.04 bits per heavy atom. The van der Waals surface area contributed by atoms with E-state index in [1.54, 1.807) is 30.7 Å². The molecule has 1 saturated heterocycles. The summed E-state index contributed by atoms with van der Waals surface area (Å²) in [6.07, 6.45) is 5.92. The van der Waals surface area contributed by atoms with E-state index < -0.39 is 23.9 Å². The molecule has 3 N–H and O–H groups in total. The van der Waals surface area contributed by atoms with Gasteiger partial charge in [0.15, 0.2) is 12.4 Å². The lowest BCUT2D eigenvalue weighted by Gasteiger charge is -2.26. The van der Waals surface area contributed by atoms with Crippen LogP contribution in [0.3, 0.4) is 0 Å². The second kappa shape index (κ2) is 7.93. The van der Waals surface area contributed by atoms with Gasteiger partial charge < -0.3 is 29.6 Å². The molecule has 2 aromatic heterocycles. The highest BCUT2D eigenvalue weighted by Gasteiger charge is 2.48. The van der Waals surface area contributed by atoms with Crippen LogP contribution in [-0.2, 0) is 19.0 Å². The van der Waals surface area contributed by atoms with Crippen molar-refractivity contribution in [3.63, 3.8) is 0 Å². The van der Waals surface area contributed by atoms with Crippen molar-refractivity contribution < 1.29 is 24.1 Å². The predicted molar refractivity (Wildman–Crippen MR) is 101 cm³/mol. The number of fused-ring (bicyclic) bond motifs is 1. The molecule has 0 aromatic carbocycles. The molecule has 1 aliphatic rings. The van der Waals surface area contributed by atoms with Gasteiger partial charge in [-0.05, 0) is 17.7 Å². The van der Waals surface area contributed by atoms with E-state index in [1.165, 1.54) is 0 Å². The molecule has 10 heteroatoms. The van der Waals surface area contributed by atoms with Crippen LogP contribution in [0.1, 0.15) is 26.5 Å². The van der Waals surface area contributed by atoms with Gasteiger partial charge in [0, 0.05) is 12.6 Å². The van der Waals surface area contributed by atoms with E-state index in [1.807, 2.05) is 0 Å². The Kier molecular flexibility index (Phi) is 5.76. The number of aromatic nitrogens is 3. The molecule has 1 aliphatic heterocycles. The smallest absolute Gasteiger partial charge is 0.310 e. The Morgan fingerprint density at radius 2 is 2.36 bits per heavy atom. The van der Waals surface area contributed by atoms with Crippen LogP contribution in [0, 0.1) is 18.3 Å². The Morgan fingerprint density at radius 1 is 1.61 bits per heavy atom. The lowest BCUT2D eigenvalue weighted by molar-refractivity contribution is -0.170. The minimum atomic E-state index is -1.39. The van der Waals surface area contributed by atoms with Crippen LogP contribution in [0.2, 0.25) is 5.28 Å². The fraction of sp³-hybridized carbons (Fsp3) is 0.500. The van der Waals surface area contributed by atoms with Crippen molar-refractivity contribution >= 4 is 34.4 Å². The molecule has 2 aromatic rings. The molecule has 3 rings (SSSR count). The Hall–Kier alpha value is -2.38. The number of esters is 1. The van der Waals surface area contributed by atoms with Crippen LogP contribution < -0.4 is 5.73 Å². The maximum Gasteiger partial charge on any atom is 0.310 e. The number of nitrogen functional groups attached to an aromatic ring is 1. The average molecular weight is 409 g/mol. The van der Waals surface area contributed by atoms with Crippen LogP contribution in [0.15, 0.2) is 12.3 Å². The van der Waals surface area contributed by atoms with Crippen molar-refractivity contribution in [2.45, 2.75) is 38.2 Å². The SMILES string of the molecule is C#C[C@]1(COCOC(=O)C(C)C)O[C@@H](n2ccc3c(N)nc(Cl)nc32)C[C@@H]1O. The van der Waals surface area contributed by atoms with Crippen molar-refractivity contribution in [3.05, 3.63) is 17.5 Å². The number of nitrogens with zero attached hydrogens (tertiary/aromatic N) is 3. The van der Waals surface area contributed by atoms with Gasteiger partial charge in [0.1, 0.15) is 23.8 Å². The van der Waals surface area contributed by atoms with Crippen molar-refractivity contribution in [3.8, 4) is 12.3 Å². The maximum atomic E-state index is 11.5. The summed E-state index contributed by atoms with van der Waals surface area (Å²) >= 11 is 5.90. The third-order valence-electron chi connectivity index (χ3n) is 4.51. The van der Waals surface area contributed by atoms with E-state index in [0.29, 0.717) is 11.0 Å². The second-order valence-electron chi connectivity index (χ2n) is 6.78. The number of ether oxygens (including phenoxy) is 3. The van der Waals surface area contributed by atoms with Gasteiger partial charge in [0.05, 0.1) is 17.9 Å². The largest absolute Gasteiger partial charge is 0.438 e. The zero-order valence-electron chi connectivity index (χ0n) is 15.5. The Balaban J connectivity index is 1.74. The fourth-order valence-corrected chi connectivity index (χ4v) is 3.12. The quantitative estimate of drug-likeness (QED) is 0.242. The number of nitrogens with two attached hydrogens (primary N) is 1. The number of anilines is 1. The molecule has 28 heavy (non-hydrogen) atoms. The molecule has 1 fully saturated rings. The highest BCUT2D eigenvalue weighted by molar-refractivity contribution is 6.28. The van der Waals surface area contributed by atoms with Crippen LogP contribution in [0.25, 0.3) is 11.0 Å². The van der Waals surface area contributed by atoms with Crippen molar-refractivity contribution in [2.24, 2.45) is 5.92 Å². The molecule has 9 nitrogen and oxygen atoms in total. The first-order valence-electron chi connectivity index (χ1n) is 8.65. The topological polar surface area (TPSA) is 122 Å². The molecule has 0 aliphatic carbocycles. The van der Waals surface area contributed by atoms with Gasteiger partial charge in [-0.1, -0.05) is 19.8 Å². The number of hydrogen-bond donors (Lipinski definition) is 2. The number of hydrogen-bond acceptors (Lipinski definition) is 8. The van der Waals surface area contributed by atoms with Crippen molar-refractivity contribution in [2.75, 3.05) is 19.1 Å². The van der Waals surface area contributed by atoms with E-state index in [2.05, 4.69) is 15.9 Å². The summed E-state index contributed by atoms with van der Waals surface area (Å²) in [5.74, 6) is 2.04. The number of aliphatic hydroxyl groups excluding tert-OH is 1. The summed E-state index contributed by atoms with van der Waals surface area (Å²) in [5.41, 5.74) is 4.94. The van der Waals surface area contributed by atoms with Crippen LogP contribution >= 0.6 is 11.6 Å². The molecule has 3 heterocycles. The molecule has 3 atom stereocenters. The minimum Gasteiger partial charge on any atom is -0.438 e. The summed E-state index contributed by atoms with van der Waals surface area (Å²) in [5, 5.41) is 11.1. The van der Waals surface area contributed by atoms with Crippen molar-refractivity contribution in [1.29, 1.82) is 0 Å². The number of halogens is 1. The molecule has 0 bridgehead atoms. The van der Waals surface area contributed by atoms with Gasteiger partial charge in [0.2, 0.25) is 5.28 Å². The zero-order chi connectivity index (χ0) is 20.5. The first-order valence-corrected chi connectivity index (χ1v) is 9.03. The highest BCUT2D eigenvalue weighted by atomic mass is 35.5. The second-order valence-corrected chi connectivity index (χ2v) is 7.12. The normalized spacial score (nSPS) is 24.6. The summed E-state index contributed by atoms with van der Waals surface area (Å²) < 4.78 is 17.9. The van der Waals surface area contributed by atoms with Gasteiger partial charge in [0.25, 0.3) is 0 Å². The van der Waals surface area contributed by atoms with E-state index in [4.69, 9.17) is 38.0 Å². The Labute approximate surface area is 166 Å².